The Balaban J connectivity index is 0.000000176. The molecule has 4 N–H and O–H groups in total. The van der Waals surface area contributed by atoms with Gasteiger partial charge in [-0.3, -0.25) is 0 Å². The van der Waals surface area contributed by atoms with Gasteiger partial charge in [-0.2, -0.15) is 26.3 Å². The summed E-state index contributed by atoms with van der Waals surface area (Å²) in [6, 6.07) is 20.2. The Morgan fingerprint density at radius 3 is 1.14 bits per heavy atom. The van der Waals surface area contributed by atoms with Gasteiger partial charge in [-0.1, -0.05) is 42.5 Å². The summed E-state index contributed by atoms with van der Waals surface area (Å²) in [6.45, 7) is 8.74. The molecule has 8 rings (SSSR count). The van der Waals surface area contributed by atoms with Crippen LogP contribution in [0, 0.1) is 11.6 Å². The Bertz CT molecular complexity index is 2100. The second kappa shape index (κ2) is 29.3. The van der Waals surface area contributed by atoms with Crippen LogP contribution in [0.15, 0.2) is 91.0 Å². The monoisotopic (exact) mass is 1020 g/mol. The molecule has 20 heteroatoms. The summed E-state index contributed by atoms with van der Waals surface area (Å²) < 4.78 is 163. The molecular weight excluding hydrogens is 958 g/mol. The molecule has 0 aromatic heterocycles. The van der Waals surface area contributed by atoms with Crippen LogP contribution in [0.25, 0.3) is 0 Å². The van der Waals surface area contributed by atoms with E-state index in [0.717, 1.165) is 140 Å². The smallest absolute Gasteiger partial charge is 0.406 e. The predicted molar refractivity (Wildman–Crippen MR) is 245 cm³/mol. The Morgan fingerprint density at radius 1 is 0.380 bits per heavy atom. The topological polar surface area (TPSA) is 94.3 Å². The van der Waals surface area contributed by atoms with Crippen molar-refractivity contribution in [2.75, 3.05) is 52.4 Å². The minimum atomic E-state index is -4.66. The molecule has 71 heavy (non-hydrogen) atoms. The third-order valence-corrected chi connectivity index (χ3v) is 11.7. The number of rotatable bonds is 13. The first kappa shape index (κ1) is 57.5. The maximum absolute atomic E-state index is 12.9. The molecule has 0 unspecified atom stereocenters. The SMILES string of the molecule is FC(F)(F)Oc1cccc(COC2CCNCC2)c1.FC(F)(F)c1ccc(COC2CCNCC2)cc1.FC(F)(F)c1cccc(COC2CCNCC2)c1.Fc1ccc(COC2CCNCC2)cc1F. The lowest BCUT2D eigenvalue weighted by Gasteiger charge is -2.23. The van der Waals surface area contributed by atoms with Crippen LogP contribution < -0.4 is 26.0 Å². The zero-order chi connectivity index (χ0) is 51.1. The number of hydrogen-bond acceptors (Lipinski definition) is 9. The molecule has 9 nitrogen and oxygen atoms in total. The van der Waals surface area contributed by atoms with Gasteiger partial charge in [-0.25, -0.2) is 8.78 Å². The average molecular weight is 1020 g/mol. The number of hydrogen-bond donors (Lipinski definition) is 4. The maximum Gasteiger partial charge on any atom is 0.573 e. The standard InChI is InChI=1S/C13H16F3NO2.2C13H16F3NO.C12H15F2NO/c14-13(15,16)19-12-3-1-2-10(8-12)9-18-11-4-6-17-7-5-11;14-13(15,16)11-3-1-10(2-4-11)9-18-12-5-7-17-8-6-12;14-13(15,16)11-3-1-2-10(8-11)9-18-12-4-6-17-7-5-12;13-11-2-1-9(7-12(11)14)8-16-10-3-5-15-6-4-10/h1-3,8,11,17H,4-7,9H2;1-4,12,17H,5-9H2;1-3,8,12,17H,4-7,9H2;1-2,7,10,15H,3-6,8H2. The molecular formula is C51H63F11N4O5. The highest BCUT2D eigenvalue weighted by Gasteiger charge is 2.32. The number of nitrogens with one attached hydrogen (secondary N) is 4. The van der Waals surface area contributed by atoms with Gasteiger partial charge in [0.05, 0.1) is 62.0 Å². The van der Waals surface area contributed by atoms with Crippen LogP contribution in [0.2, 0.25) is 0 Å². The molecule has 4 aromatic rings. The van der Waals surface area contributed by atoms with Crippen LogP contribution in [0.4, 0.5) is 48.3 Å². The third-order valence-electron chi connectivity index (χ3n) is 11.7. The molecule has 4 aliphatic rings. The van der Waals surface area contributed by atoms with Gasteiger partial charge in [-0.05, 0) is 175 Å². The van der Waals surface area contributed by atoms with Gasteiger partial charge in [0.1, 0.15) is 5.75 Å². The Morgan fingerprint density at radius 2 is 0.746 bits per heavy atom. The lowest BCUT2D eigenvalue weighted by atomic mass is 10.1. The highest BCUT2D eigenvalue weighted by molar-refractivity contribution is 5.28. The van der Waals surface area contributed by atoms with Crippen molar-refractivity contribution in [2.24, 2.45) is 0 Å². The minimum Gasteiger partial charge on any atom is -0.406 e. The summed E-state index contributed by atoms with van der Waals surface area (Å²) in [7, 11) is 0. The van der Waals surface area contributed by atoms with Crippen molar-refractivity contribution < 1.29 is 72.0 Å². The summed E-state index contributed by atoms with van der Waals surface area (Å²) in [5.41, 5.74) is 1.48. The van der Waals surface area contributed by atoms with E-state index in [-0.39, 0.29) is 36.8 Å². The van der Waals surface area contributed by atoms with Gasteiger partial charge in [0.15, 0.2) is 11.6 Å². The molecule has 0 spiro atoms. The summed E-state index contributed by atoms with van der Waals surface area (Å²) in [4.78, 5) is 0. The molecule has 4 heterocycles. The minimum absolute atomic E-state index is 0.154. The van der Waals surface area contributed by atoms with Crippen LogP contribution in [-0.2, 0) is 57.7 Å². The Labute approximate surface area is 407 Å². The van der Waals surface area contributed by atoms with Gasteiger partial charge in [0.2, 0.25) is 0 Å². The van der Waals surface area contributed by atoms with Crippen molar-refractivity contribution in [3.63, 3.8) is 0 Å². The van der Waals surface area contributed by atoms with Gasteiger partial charge < -0.3 is 45.0 Å². The zero-order valence-corrected chi connectivity index (χ0v) is 39.3. The molecule has 4 fully saturated rings. The first-order chi connectivity index (χ1) is 33.9. The van der Waals surface area contributed by atoms with Crippen LogP contribution in [-0.4, -0.2) is 83.1 Å². The van der Waals surface area contributed by atoms with E-state index < -0.39 is 41.5 Å². The van der Waals surface area contributed by atoms with E-state index in [2.05, 4.69) is 26.0 Å². The molecule has 0 atom stereocenters. The van der Waals surface area contributed by atoms with Crippen LogP contribution in [0.3, 0.4) is 0 Å². The van der Waals surface area contributed by atoms with Crippen molar-refractivity contribution in [3.8, 4) is 5.75 Å². The average Bonchev–Trinajstić information content (AvgIpc) is 3.36. The fraction of sp³-hybridized carbons (Fsp3) is 0.529. The number of alkyl halides is 9. The van der Waals surface area contributed by atoms with Crippen LogP contribution in [0.5, 0.6) is 5.75 Å². The Hall–Kier alpha value is -4.41. The molecule has 4 aromatic carbocycles. The van der Waals surface area contributed by atoms with Crippen molar-refractivity contribution >= 4 is 0 Å². The second-order valence-corrected chi connectivity index (χ2v) is 17.4. The van der Waals surface area contributed by atoms with E-state index in [9.17, 15) is 48.3 Å². The van der Waals surface area contributed by atoms with E-state index in [1.165, 1.54) is 42.5 Å². The van der Waals surface area contributed by atoms with Crippen molar-refractivity contribution in [1.82, 2.24) is 21.3 Å². The molecule has 4 saturated heterocycles. The molecule has 0 radical (unpaired) electrons. The quantitative estimate of drug-likeness (QED) is 0.0977. The summed E-state index contributed by atoms with van der Waals surface area (Å²) in [5, 5.41) is 12.9. The highest BCUT2D eigenvalue weighted by Crippen LogP contribution is 2.31. The van der Waals surface area contributed by atoms with Gasteiger partial charge in [0, 0.05) is 0 Å². The van der Waals surface area contributed by atoms with E-state index in [4.69, 9.17) is 18.9 Å². The molecule has 0 saturated carbocycles. The normalized spacial score (nSPS) is 17.7. The maximum atomic E-state index is 12.9. The predicted octanol–water partition coefficient (Wildman–Crippen LogP) is 11.0. The van der Waals surface area contributed by atoms with Crippen molar-refractivity contribution in [2.45, 2.75) is 121 Å². The number of piperidine rings is 4. The fourth-order valence-corrected chi connectivity index (χ4v) is 7.79. The van der Waals surface area contributed by atoms with Crippen LogP contribution >= 0.6 is 0 Å². The molecule has 4 aliphatic heterocycles. The van der Waals surface area contributed by atoms with Gasteiger partial charge >= 0.3 is 18.7 Å². The van der Waals surface area contributed by atoms with Crippen molar-refractivity contribution in [3.05, 3.63) is 136 Å². The molecule has 0 amide bonds. The second-order valence-electron chi connectivity index (χ2n) is 17.4. The van der Waals surface area contributed by atoms with Crippen molar-refractivity contribution in [1.29, 1.82) is 0 Å². The number of ether oxygens (including phenoxy) is 5. The van der Waals surface area contributed by atoms with E-state index in [1.807, 2.05) is 0 Å². The molecule has 0 aliphatic carbocycles. The lowest BCUT2D eigenvalue weighted by Crippen LogP contribution is -2.32. The molecule has 0 bridgehead atoms. The first-order valence-electron chi connectivity index (χ1n) is 23.8. The van der Waals surface area contributed by atoms with E-state index in [0.29, 0.717) is 36.5 Å². The van der Waals surface area contributed by atoms with Gasteiger partial charge in [-0.15, -0.1) is 13.2 Å². The number of halogens is 11. The van der Waals surface area contributed by atoms with E-state index >= 15 is 0 Å². The summed E-state index contributed by atoms with van der Waals surface area (Å²) in [5.74, 6) is -1.84. The fourth-order valence-electron chi connectivity index (χ4n) is 7.79. The first-order valence-corrected chi connectivity index (χ1v) is 23.8. The highest BCUT2D eigenvalue weighted by atomic mass is 19.4. The molecule has 394 valence electrons. The van der Waals surface area contributed by atoms with Gasteiger partial charge in [0.25, 0.3) is 0 Å². The van der Waals surface area contributed by atoms with E-state index in [1.54, 1.807) is 18.2 Å². The lowest BCUT2D eigenvalue weighted by molar-refractivity contribution is -0.274. The Kier molecular flexibility index (Phi) is 23.7. The largest absolute Gasteiger partial charge is 0.573 e. The summed E-state index contributed by atoms with van der Waals surface area (Å²) in [6.07, 6.45) is -4.88. The van der Waals surface area contributed by atoms with Crippen LogP contribution in [0.1, 0.15) is 84.7 Å². The number of benzene rings is 4. The third kappa shape index (κ3) is 22.9. The zero-order valence-electron chi connectivity index (χ0n) is 39.3. The summed E-state index contributed by atoms with van der Waals surface area (Å²) >= 11 is 0.